The Hall–Kier alpha value is -2.81. The first-order chi connectivity index (χ1) is 14.7. The minimum Gasteiger partial charge on any atom is -0.455 e. The van der Waals surface area contributed by atoms with Crippen molar-refractivity contribution in [2.24, 2.45) is 5.92 Å². The predicted octanol–water partition coefficient (Wildman–Crippen LogP) is 1.32. The highest BCUT2D eigenvalue weighted by atomic mass is 19.4. The summed E-state index contributed by atoms with van der Waals surface area (Å²) in [6.07, 6.45) is -3.41. The average Bonchev–Trinajstić information content (AvgIpc) is 3.11. The van der Waals surface area contributed by atoms with Gasteiger partial charge in [0.25, 0.3) is 5.91 Å². The van der Waals surface area contributed by atoms with Crippen LogP contribution in [0.25, 0.3) is 0 Å². The highest BCUT2D eigenvalue weighted by Gasteiger charge is 2.35. The highest BCUT2D eigenvalue weighted by molar-refractivity contribution is 5.81. The molecule has 0 N–H and O–H groups in total. The van der Waals surface area contributed by atoms with Gasteiger partial charge in [0.1, 0.15) is 6.07 Å². The fraction of sp³-hybridized carbons (Fsp3) is 0.684. The van der Waals surface area contributed by atoms with Crippen molar-refractivity contribution in [2.45, 2.75) is 25.9 Å². The van der Waals surface area contributed by atoms with E-state index >= 15 is 0 Å². The van der Waals surface area contributed by atoms with Crippen LogP contribution in [-0.2, 0) is 14.3 Å². The molecule has 1 amide bonds. The molecule has 9 nitrogen and oxygen atoms in total. The lowest BCUT2D eigenvalue weighted by molar-refractivity contribution is -0.163. The third-order valence-electron chi connectivity index (χ3n) is 5.32. The van der Waals surface area contributed by atoms with E-state index in [1.165, 1.54) is 9.80 Å². The van der Waals surface area contributed by atoms with E-state index in [9.17, 15) is 22.8 Å². The quantitative estimate of drug-likeness (QED) is 0.628. The van der Waals surface area contributed by atoms with Crippen molar-refractivity contribution in [3.63, 3.8) is 0 Å². The lowest BCUT2D eigenvalue weighted by atomic mass is 9.98. The van der Waals surface area contributed by atoms with Gasteiger partial charge in [0, 0.05) is 39.6 Å². The first-order valence-corrected chi connectivity index (χ1v) is 10.0. The Morgan fingerprint density at radius 1 is 1.26 bits per heavy atom. The molecule has 2 fully saturated rings. The van der Waals surface area contributed by atoms with Crippen molar-refractivity contribution < 1.29 is 31.9 Å². The molecule has 3 heterocycles. The SMILES string of the molecule is Cc1nc(C#N)c(N2CCN(C(=O)COC(=O)C3CCCN(CC(F)(F)F)C3)CC2)o1. The number of carbonyl (C=O) groups excluding carboxylic acids is 2. The summed E-state index contributed by atoms with van der Waals surface area (Å²) in [5, 5.41) is 9.13. The van der Waals surface area contributed by atoms with Crippen LogP contribution in [0.1, 0.15) is 24.4 Å². The number of anilines is 1. The summed E-state index contributed by atoms with van der Waals surface area (Å²) in [6, 6.07) is 1.98. The number of hydrogen-bond acceptors (Lipinski definition) is 8. The second-order valence-corrected chi connectivity index (χ2v) is 7.66. The summed E-state index contributed by atoms with van der Waals surface area (Å²) in [7, 11) is 0. The number of oxazole rings is 1. The minimum absolute atomic E-state index is 0.0248. The first-order valence-electron chi connectivity index (χ1n) is 10.0. The number of aryl methyl sites for hydroxylation is 1. The number of carbonyl (C=O) groups is 2. The lowest BCUT2D eigenvalue weighted by Gasteiger charge is -2.34. The number of piperazine rings is 1. The van der Waals surface area contributed by atoms with E-state index in [0.717, 1.165) is 0 Å². The summed E-state index contributed by atoms with van der Waals surface area (Å²) in [4.78, 5) is 33.2. The van der Waals surface area contributed by atoms with Gasteiger partial charge < -0.3 is 19.0 Å². The maximum Gasteiger partial charge on any atom is 0.401 e. The second-order valence-electron chi connectivity index (χ2n) is 7.66. The summed E-state index contributed by atoms with van der Waals surface area (Å²) in [5.74, 6) is -0.924. The molecule has 2 aliphatic heterocycles. The van der Waals surface area contributed by atoms with Gasteiger partial charge in [-0.25, -0.2) is 4.98 Å². The highest BCUT2D eigenvalue weighted by Crippen LogP contribution is 2.24. The maximum absolute atomic E-state index is 12.6. The second kappa shape index (κ2) is 9.55. The molecular formula is C19H24F3N5O4. The van der Waals surface area contributed by atoms with Crippen LogP contribution < -0.4 is 4.90 Å². The van der Waals surface area contributed by atoms with Gasteiger partial charge in [-0.05, 0) is 19.4 Å². The summed E-state index contributed by atoms with van der Waals surface area (Å²) in [5.41, 5.74) is 0.193. The first kappa shape index (κ1) is 22.9. The molecule has 1 atom stereocenters. The smallest absolute Gasteiger partial charge is 0.401 e. The van der Waals surface area contributed by atoms with Gasteiger partial charge in [0.15, 0.2) is 12.5 Å². The zero-order valence-corrected chi connectivity index (χ0v) is 17.2. The van der Waals surface area contributed by atoms with Gasteiger partial charge in [0.2, 0.25) is 11.6 Å². The van der Waals surface area contributed by atoms with Crippen molar-refractivity contribution in [3.8, 4) is 6.07 Å². The van der Waals surface area contributed by atoms with Crippen LogP contribution >= 0.6 is 0 Å². The largest absolute Gasteiger partial charge is 0.455 e. The molecular weight excluding hydrogens is 419 g/mol. The van der Waals surface area contributed by atoms with Gasteiger partial charge in [0.05, 0.1) is 12.5 Å². The number of esters is 1. The van der Waals surface area contributed by atoms with Crippen LogP contribution in [0, 0.1) is 24.2 Å². The molecule has 2 aliphatic rings. The van der Waals surface area contributed by atoms with Gasteiger partial charge in [-0.3, -0.25) is 14.5 Å². The number of rotatable bonds is 5. The number of amides is 1. The number of halogens is 3. The molecule has 0 spiro atoms. The molecule has 0 saturated carbocycles. The molecule has 3 rings (SSSR count). The number of nitriles is 1. The van der Waals surface area contributed by atoms with E-state index in [1.807, 2.05) is 11.0 Å². The van der Waals surface area contributed by atoms with Crippen LogP contribution in [0.15, 0.2) is 4.42 Å². The number of aromatic nitrogens is 1. The Morgan fingerprint density at radius 3 is 2.61 bits per heavy atom. The molecule has 0 aliphatic carbocycles. The molecule has 0 bridgehead atoms. The van der Waals surface area contributed by atoms with Crippen molar-refractivity contribution >= 4 is 17.8 Å². The molecule has 31 heavy (non-hydrogen) atoms. The average molecular weight is 443 g/mol. The van der Waals surface area contributed by atoms with E-state index in [1.54, 1.807) is 6.92 Å². The van der Waals surface area contributed by atoms with E-state index in [4.69, 9.17) is 14.4 Å². The van der Waals surface area contributed by atoms with Gasteiger partial charge in [-0.1, -0.05) is 0 Å². The number of alkyl halides is 3. The molecule has 1 aromatic heterocycles. The Kier molecular flexibility index (Phi) is 7.04. The van der Waals surface area contributed by atoms with Crippen molar-refractivity contribution in [2.75, 3.05) is 57.3 Å². The van der Waals surface area contributed by atoms with Gasteiger partial charge in [-0.15, -0.1) is 0 Å². The topological polar surface area (TPSA) is 103 Å². The van der Waals surface area contributed by atoms with Crippen LogP contribution in [0.4, 0.5) is 19.1 Å². The van der Waals surface area contributed by atoms with Crippen LogP contribution in [0.3, 0.4) is 0 Å². The molecule has 1 aromatic rings. The van der Waals surface area contributed by atoms with E-state index in [0.29, 0.717) is 50.8 Å². The molecule has 1 unspecified atom stereocenters. The molecule has 0 aromatic carbocycles. The zero-order valence-electron chi connectivity index (χ0n) is 17.2. The van der Waals surface area contributed by atoms with E-state index in [-0.39, 0.29) is 24.7 Å². The predicted molar refractivity (Wildman–Crippen MR) is 101 cm³/mol. The standard InChI is InChI=1S/C19H24F3N5O4/c1-13-24-15(9-23)17(31-13)27-7-5-26(6-8-27)16(28)11-30-18(29)14-3-2-4-25(10-14)12-19(20,21)22/h14H,2-8,10-12H2,1H3. The fourth-order valence-electron chi connectivity index (χ4n) is 3.85. The lowest BCUT2D eigenvalue weighted by Crippen LogP contribution is -2.50. The minimum atomic E-state index is -4.32. The Bertz CT molecular complexity index is 843. The van der Waals surface area contributed by atoms with Crippen LogP contribution in [0.2, 0.25) is 0 Å². The van der Waals surface area contributed by atoms with E-state index < -0.39 is 31.2 Å². The van der Waals surface area contributed by atoms with Crippen molar-refractivity contribution in [1.82, 2.24) is 14.8 Å². The summed E-state index contributed by atoms with van der Waals surface area (Å²) in [6.45, 7) is 1.96. The molecule has 2 saturated heterocycles. The Morgan fingerprint density at radius 2 is 1.97 bits per heavy atom. The van der Waals surface area contributed by atoms with Crippen molar-refractivity contribution in [3.05, 3.63) is 11.6 Å². The molecule has 0 radical (unpaired) electrons. The van der Waals surface area contributed by atoms with Crippen molar-refractivity contribution in [1.29, 1.82) is 5.26 Å². The molecule has 12 heteroatoms. The number of likely N-dealkylation sites (tertiary alicyclic amines) is 1. The normalized spacial score (nSPS) is 20.4. The summed E-state index contributed by atoms with van der Waals surface area (Å²) >= 11 is 0. The number of piperidine rings is 1. The fourth-order valence-corrected chi connectivity index (χ4v) is 3.85. The van der Waals surface area contributed by atoms with Gasteiger partial charge >= 0.3 is 12.1 Å². The number of hydrogen-bond donors (Lipinski definition) is 0. The monoisotopic (exact) mass is 443 g/mol. The van der Waals surface area contributed by atoms with Crippen LogP contribution in [0.5, 0.6) is 0 Å². The number of ether oxygens (including phenoxy) is 1. The Balaban J connectivity index is 1.44. The summed E-state index contributed by atoms with van der Waals surface area (Å²) < 4.78 is 48.3. The van der Waals surface area contributed by atoms with Crippen LogP contribution in [-0.4, -0.2) is 85.3 Å². The third kappa shape index (κ3) is 6.10. The third-order valence-corrected chi connectivity index (χ3v) is 5.32. The van der Waals surface area contributed by atoms with Gasteiger partial charge in [-0.2, -0.15) is 18.4 Å². The number of nitrogens with zero attached hydrogens (tertiary/aromatic N) is 5. The maximum atomic E-state index is 12.6. The zero-order chi connectivity index (χ0) is 22.6. The molecule has 170 valence electrons. The van der Waals surface area contributed by atoms with E-state index in [2.05, 4.69) is 4.98 Å². The Labute approximate surface area is 177 Å².